The van der Waals surface area contributed by atoms with Crippen molar-refractivity contribution in [1.82, 2.24) is 10.2 Å². The van der Waals surface area contributed by atoms with E-state index in [0.29, 0.717) is 26.1 Å². The van der Waals surface area contributed by atoms with Gasteiger partial charge in [0.25, 0.3) is 0 Å². The topological polar surface area (TPSA) is 52.7 Å². The van der Waals surface area contributed by atoms with Gasteiger partial charge in [-0.25, -0.2) is 0 Å². The summed E-state index contributed by atoms with van der Waals surface area (Å²) in [5.74, 6) is -0.126. The summed E-state index contributed by atoms with van der Waals surface area (Å²) in [6, 6.07) is 10.0. The Bertz CT molecular complexity index is 490. The summed E-state index contributed by atoms with van der Waals surface area (Å²) in [6.07, 6.45) is 0.341. The van der Waals surface area contributed by atoms with Gasteiger partial charge in [0.05, 0.1) is 5.92 Å². The molecular weight excluding hydrogens is 266 g/mol. The molecule has 1 aromatic rings. The molecule has 1 aromatic carbocycles. The lowest BCUT2D eigenvalue weighted by atomic mass is 10.1. The molecule has 1 saturated heterocycles. The lowest BCUT2D eigenvalue weighted by molar-refractivity contribution is -0.128. The zero-order valence-electron chi connectivity index (χ0n) is 12.7. The number of benzene rings is 1. The Hall–Kier alpha value is -2.04. The second-order valence-electron chi connectivity index (χ2n) is 5.38. The van der Waals surface area contributed by atoms with Crippen LogP contribution in [0.2, 0.25) is 0 Å². The van der Waals surface area contributed by atoms with Crippen LogP contribution in [0.1, 0.15) is 13.3 Å². The minimum Gasteiger partial charge on any atom is -0.373 e. The number of rotatable bonds is 6. The Morgan fingerprint density at radius 2 is 2.10 bits per heavy atom. The molecule has 0 spiro atoms. The Labute approximate surface area is 125 Å². The number of carbonyl (C=O) groups is 2. The Kier molecular flexibility index (Phi) is 5.20. The minimum atomic E-state index is -0.195. The number of amides is 2. The zero-order chi connectivity index (χ0) is 15.2. The van der Waals surface area contributed by atoms with Crippen molar-refractivity contribution in [3.05, 3.63) is 30.3 Å². The van der Waals surface area contributed by atoms with Gasteiger partial charge in [0.15, 0.2) is 0 Å². The largest absolute Gasteiger partial charge is 0.373 e. The molecule has 2 rings (SSSR count). The first-order valence-electron chi connectivity index (χ1n) is 7.43. The third kappa shape index (κ3) is 3.97. The van der Waals surface area contributed by atoms with E-state index in [-0.39, 0.29) is 17.7 Å². The van der Waals surface area contributed by atoms with Crippen molar-refractivity contribution in [3.63, 3.8) is 0 Å². The van der Waals surface area contributed by atoms with Crippen molar-refractivity contribution in [1.29, 1.82) is 0 Å². The van der Waals surface area contributed by atoms with E-state index in [4.69, 9.17) is 0 Å². The molecule has 1 unspecified atom stereocenters. The standard InChI is InChI=1S/C16H23N3O2/c1-3-19-12-13(11-15(19)20)16(21)17-9-10-18(2)14-7-5-4-6-8-14/h4-8,13H,3,9-12H2,1-2H3,(H,17,21). The molecule has 5 heteroatoms. The van der Waals surface area contributed by atoms with Crippen molar-refractivity contribution in [2.45, 2.75) is 13.3 Å². The van der Waals surface area contributed by atoms with E-state index in [1.807, 2.05) is 44.3 Å². The van der Waals surface area contributed by atoms with E-state index in [9.17, 15) is 9.59 Å². The Morgan fingerprint density at radius 1 is 1.38 bits per heavy atom. The quantitative estimate of drug-likeness (QED) is 0.853. The van der Waals surface area contributed by atoms with Crippen LogP contribution in [0.5, 0.6) is 0 Å². The molecule has 1 aliphatic heterocycles. The van der Waals surface area contributed by atoms with E-state index in [1.54, 1.807) is 4.90 Å². The predicted octanol–water partition coefficient (Wildman–Crippen LogP) is 1.11. The fraction of sp³-hybridized carbons (Fsp3) is 0.500. The van der Waals surface area contributed by atoms with Gasteiger partial charge >= 0.3 is 0 Å². The zero-order valence-corrected chi connectivity index (χ0v) is 12.7. The summed E-state index contributed by atoms with van der Waals surface area (Å²) in [6.45, 7) is 4.50. The van der Waals surface area contributed by atoms with E-state index >= 15 is 0 Å². The lowest BCUT2D eigenvalue weighted by Gasteiger charge is -2.20. The third-order valence-electron chi connectivity index (χ3n) is 3.91. The van der Waals surface area contributed by atoms with E-state index < -0.39 is 0 Å². The van der Waals surface area contributed by atoms with Crippen molar-refractivity contribution < 1.29 is 9.59 Å². The van der Waals surface area contributed by atoms with Crippen molar-refractivity contribution in [2.75, 3.05) is 38.1 Å². The summed E-state index contributed by atoms with van der Waals surface area (Å²) in [5, 5.41) is 2.93. The summed E-state index contributed by atoms with van der Waals surface area (Å²) >= 11 is 0. The second-order valence-corrected chi connectivity index (χ2v) is 5.38. The Balaban J connectivity index is 1.74. The maximum absolute atomic E-state index is 12.1. The Morgan fingerprint density at radius 3 is 2.71 bits per heavy atom. The average molecular weight is 289 g/mol. The van der Waals surface area contributed by atoms with Crippen LogP contribution in [-0.4, -0.2) is 49.9 Å². The predicted molar refractivity (Wildman–Crippen MR) is 83.1 cm³/mol. The van der Waals surface area contributed by atoms with Crippen LogP contribution in [0.25, 0.3) is 0 Å². The van der Waals surface area contributed by atoms with Gasteiger partial charge in [-0.2, -0.15) is 0 Å². The normalized spacial score (nSPS) is 17.9. The first-order valence-corrected chi connectivity index (χ1v) is 7.43. The average Bonchev–Trinajstić information content (AvgIpc) is 2.89. The highest BCUT2D eigenvalue weighted by molar-refractivity contribution is 5.89. The highest BCUT2D eigenvalue weighted by Gasteiger charge is 2.32. The number of para-hydroxylation sites is 1. The van der Waals surface area contributed by atoms with Crippen molar-refractivity contribution >= 4 is 17.5 Å². The van der Waals surface area contributed by atoms with Crippen LogP contribution in [0, 0.1) is 5.92 Å². The fourth-order valence-electron chi connectivity index (χ4n) is 2.56. The van der Waals surface area contributed by atoms with Crippen LogP contribution in [-0.2, 0) is 9.59 Å². The van der Waals surface area contributed by atoms with Gasteiger partial charge in [-0.05, 0) is 19.1 Å². The summed E-state index contributed by atoms with van der Waals surface area (Å²) in [4.78, 5) is 27.5. The van der Waals surface area contributed by atoms with Gasteiger partial charge in [0.1, 0.15) is 0 Å². The van der Waals surface area contributed by atoms with Gasteiger partial charge in [0, 0.05) is 45.3 Å². The molecule has 0 bridgehead atoms. The molecular formula is C16H23N3O2. The van der Waals surface area contributed by atoms with Crippen LogP contribution in [0.4, 0.5) is 5.69 Å². The van der Waals surface area contributed by atoms with Gasteiger partial charge in [-0.15, -0.1) is 0 Å². The van der Waals surface area contributed by atoms with Gasteiger partial charge in [0.2, 0.25) is 11.8 Å². The summed E-state index contributed by atoms with van der Waals surface area (Å²) in [5.41, 5.74) is 1.12. The number of hydrogen-bond donors (Lipinski definition) is 1. The minimum absolute atomic E-state index is 0.0132. The highest BCUT2D eigenvalue weighted by Crippen LogP contribution is 2.17. The first-order chi connectivity index (χ1) is 10.1. The molecule has 0 saturated carbocycles. The maximum atomic E-state index is 12.1. The number of hydrogen-bond acceptors (Lipinski definition) is 3. The smallest absolute Gasteiger partial charge is 0.225 e. The van der Waals surface area contributed by atoms with Crippen LogP contribution in [0.15, 0.2) is 30.3 Å². The fourth-order valence-corrected chi connectivity index (χ4v) is 2.56. The number of nitrogens with zero attached hydrogens (tertiary/aromatic N) is 2. The van der Waals surface area contributed by atoms with Crippen LogP contribution >= 0.6 is 0 Å². The van der Waals surface area contributed by atoms with E-state index in [2.05, 4.69) is 10.2 Å². The molecule has 1 heterocycles. The first kappa shape index (κ1) is 15.4. The monoisotopic (exact) mass is 289 g/mol. The molecule has 21 heavy (non-hydrogen) atoms. The van der Waals surface area contributed by atoms with Crippen LogP contribution in [0.3, 0.4) is 0 Å². The van der Waals surface area contributed by atoms with Crippen LogP contribution < -0.4 is 10.2 Å². The van der Waals surface area contributed by atoms with Gasteiger partial charge in [-0.3, -0.25) is 9.59 Å². The number of nitrogens with one attached hydrogen (secondary N) is 1. The van der Waals surface area contributed by atoms with E-state index in [1.165, 1.54) is 0 Å². The molecule has 1 fully saturated rings. The molecule has 114 valence electrons. The lowest BCUT2D eigenvalue weighted by Crippen LogP contribution is -2.37. The molecule has 0 aromatic heterocycles. The molecule has 1 atom stereocenters. The number of carbonyl (C=O) groups excluding carboxylic acids is 2. The second kappa shape index (κ2) is 7.11. The molecule has 1 N–H and O–H groups in total. The maximum Gasteiger partial charge on any atom is 0.225 e. The van der Waals surface area contributed by atoms with E-state index in [0.717, 1.165) is 12.2 Å². The molecule has 2 amide bonds. The third-order valence-corrected chi connectivity index (χ3v) is 3.91. The SMILES string of the molecule is CCN1CC(C(=O)NCCN(C)c2ccccc2)CC1=O. The highest BCUT2D eigenvalue weighted by atomic mass is 16.2. The van der Waals surface area contributed by atoms with Crippen molar-refractivity contribution in [2.24, 2.45) is 5.92 Å². The summed E-state index contributed by atoms with van der Waals surface area (Å²) in [7, 11) is 2.00. The molecule has 5 nitrogen and oxygen atoms in total. The number of anilines is 1. The molecule has 0 radical (unpaired) electrons. The van der Waals surface area contributed by atoms with Crippen molar-refractivity contribution in [3.8, 4) is 0 Å². The summed E-state index contributed by atoms with van der Waals surface area (Å²) < 4.78 is 0. The van der Waals surface area contributed by atoms with Gasteiger partial charge in [-0.1, -0.05) is 18.2 Å². The van der Waals surface area contributed by atoms with Gasteiger partial charge < -0.3 is 15.1 Å². The number of likely N-dealkylation sites (tertiary alicyclic amines) is 1. The number of likely N-dealkylation sites (N-methyl/N-ethyl adjacent to an activating group) is 1. The molecule has 1 aliphatic rings. The molecule has 0 aliphatic carbocycles.